The molecule has 2 amide bonds. The van der Waals surface area contributed by atoms with Crippen LogP contribution in [0.5, 0.6) is 5.75 Å². The molecule has 1 saturated heterocycles. The van der Waals surface area contributed by atoms with Crippen molar-refractivity contribution in [2.75, 3.05) is 26.8 Å². The van der Waals surface area contributed by atoms with Gasteiger partial charge in [0.2, 0.25) is 10.0 Å². The first-order valence-corrected chi connectivity index (χ1v) is 11.6. The van der Waals surface area contributed by atoms with E-state index in [1.165, 1.54) is 17.5 Å². The molecule has 2 aliphatic rings. The van der Waals surface area contributed by atoms with Crippen LogP contribution >= 0.6 is 0 Å². The van der Waals surface area contributed by atoms with Crippen molar-refractivity contribution in [1.82, 2.24) is 14.9 Å². The van der Waals surface area contributed by atoms with E-state index in [2.05, 4.69) is 10.6 Å². The van der Waals surface area contributed by atoms with Crippen LogP contribution in [-0.2, 0) is 24.3 Å². The van der Waals surface area contributed by atoms with Gasteiger partial charge in [-0.25, -0.2) is 8.42 Å². The quantitative estimate of drug-likeness (QED) is 0.637. The van der Waals surface area contributed by atoms with Gasteiger partial charge in [-0.1, -0.05) is 12.8 Å². The monoisotopic (exact) mass is 439 g/mol. The molecule has 166 valence electrons. The van der Waals surface area contributed by atoms with Crippen LogP contribution in [0.15, 0.2) is 23.1 Å². The Morgan fingerprint density at radius 1 is 1.20 bits per heavy atom. The lowest BCUT2D eigenvalue weighted by atomic mass is 10.2. The minimum absolute atomic E-state index is 0.0318. The second-order valence-corrected chi connectivity index (χ2v) is 9.48. The van der Waals surface area contributed by atoms with Gasteiger partial charge in [-0.3, -0.25) is 9.59 Å². The third-order valence-corrected chi connectivity index (χ3v) is 7.35. The molecule has 3 rings (SSSR count). The van der Waals surface area contributed by atoms with Crippen LogP contribution < -0.4 is 15.4 Å². The molecule has 1 aliphatic carbocycles. The summed E-state index contributed by atoms with van der Waals surface area (Å²) in [6.07, 6.45) is 3.49. The normalized spacial score (nSPS) is 20.7. The second kappa shape index (κ2) is 9.76. The van der Waals surface area contributed by atoms with Gasteiger partial charge in [0, 0.05) is 12.6 Å². The lowest BCUT2D eigenvalue weighted by Gasteiger charge is -2.34. The molecule has 1 saturated carbocycles. The number of methoxy groups -OCH3 is 1. The van der Waals surface area contributed by atoms with Gasteiger partial charge < -0.3 is 20.1 Å². The standard InChI is InChI=1S/C20H29N3O6S/c1-14-12-16(8-9-17(14)28-2)30(26,27)23-10-5-11-29-18(23)13-21-19(24)20(25)22-15-6-3-4-7-15/h8-9,12,15,18H,3-7,10-11,13H2,1-2H3,(H,21,24)(H,22,25)/t18-/m0/s1. The van der Waals surface area contributed by atoms with E-state index in [0.717, 1.165) is 25.7 Å². The molecule has 1 atom stereocenters. The van der Waals surface area contributed by atoms with Crippen LogP contribution in [0.2, 0.25) is 0 Å². The fourth-order valence-corrected chi connectivity index (χ4v) is 5.48. The zero-order valence-electron chi connectivity index (χ0n) is 17.3. The highest BCUT2D eigenvalue weighted by molar-refractivity contribution is 7.89. The smallest absolute Gasteiger partial charge is 0.309 e. The molecule has 0 bridgehead atoms. The highest BCUT2D eigenvalue weighted by atomic mass is 32.2. The highest BCUT2D eigenvalue weighted by Gasteiger charge is 2.35. The number of carbonyl (C=O) groups excluding carboxylic acids is 2. The minimum atomic E-state index is -3.84. The van der Waals surface area contributed by atoms with Crippen molar-refractivity contribution in [2.24, 2.45) is 0 Å². The second-order valence-electron chi connectivity index (χ2n) is 7.59. The molecule has 10 heteroatoms. The molecule has 1 heterocycles. The Labute approximate surface area is 177 Å². The first-order valence-electron chi connectivity index (χ1n) is 10.2. The first-order chi connectivity index (χ1) is 14.3. The number of nitrogens with one attached hydrogen (secondary N) is 2. The number of hydrogen-bond acceptors (Lipinski definition) is 6. The number of sulfonamides is 1. The molecular formula is C20H29N3O6S. The summed E-state index contributed by atoms with van der Waals surface area (Å²) in [5.74, 6) is -0.882. The van der Waals surface area contributed by atoms with E-state index in [-0.39, 0.29) is 24.0 Å². The molecule has 2 fully saturated rings. The van der Waals surface area contributed by atoms with Gasteiger partial charge in [-0.05, 0) is 49.9 Å². The molecule has 0 radical (unpaired) electrons. The fraction of sp³-hybridized carbons (Fsp3) is 0.600. The van der Waals surface area contributed by atoms with Gasteiger partial charge in [0.15, 0.2) is 0 Å². The molecule has 1 aromatic carbocycles. The summed E-state index contributed by atoms with van der Waals surface area (Å²) in [4.78, 5) is 24.3. The van der Waals surface area contributed by atoms with Gasteiger partial charge in [-0.2, -0.15) is 4.31 Å². The zero-order valence-corrected chi connectivity index (χ0v) is 18.2. The van der Waals surface area contributed by atoms with E-state index in [1.807, 2.05) is 0 Å². The van der Waals surface area contributed by atoms with Gasteiger partial charge in [0.05, 0.1) is 25.2 Å². The lowest BCUT2D eigenvalue weighted by molar-refractivity contribution is -0.140. The van der Waals surface area contributed by atoms with Gasteiger partial charge >= 0.3 is 11.8 Å². The van der Waals surface area contributed by atoms with E-state index in [4.69, 9.17) is 9.47 Å². The molecular weight excluding hydrogens is 410 g/mol. The molecule has 0 spiro atoms. The van der Waals surface area contributed by atoms with Crippen LogP contribution in [0.25, 0.3) is 0 Å². The van der Waals surface area contributed by atoms with Crippen molar-refractivity contribution >= 4 is 21.8 Å². The van der Waals surface area contributed by atoms with Crippen molar-refractivity contribution in [3.05, 3.63) is 23.8 Å². The van der Waals surface area contributed by atoms with Gasteiger partial charge in [-0.15, -0.1) is 0 Å². The number of hydrogen-bond donors (Lipinski definition) is 2. The van der Waals surface area contributed by atoms with E-state index < -0.39 is 28.1 Å². The summed E-state index contributed by atoms with van der Waals surface area (Å²) in [6, 6.07) is 4.68. The predicted molar refractivity (Wildman–Crippen MR) is 109 cm³/mol. The predicted octanol–water partition coefficient (Wildman–Crippen LogP) is 0.916. The van der Waals surface area contributed by atoms with E-state index >= 15 is 0 Å². The average molecular weight is 440 g/mol. The molecule has 30 heavy (non-hydrogen) atoms. The van der Waals surface area contributed by atoms with Crippen LogP contribution in [0.3, 0.4) is 0 Å². The Balaban J connectivity index is 1.66. The number of nitrogens with zero attached hydrogens (tertiary/aromatic N) is 1. The van der Waals surface area contributed by atoms with E-state index in [0.29, 0.717) is 24.3 Å². The van der Waals surface area contributed by atoms with Crippen LogP contribution in [0.4, 0.5) is 0 Å². The zero-order chi connectivity index (χ0) is 21.7. The van der Waals surface area contributed by atoms with Crippen molar-refractivity contribution in [2.45, 2.75) is 56.2 Å². The molecule has 0 unspecified atom stereocenters. The van der Waals surface area contributed by atoms with Crippen LogP contribution in [-0.4, -0.2) is 63.6 Å². The number of benzene rings is 1. The Bertz CT molecular complexity index is 883. The Morgan fingerprint density at radius 2 is 1.93 bits per heavy atom. The Hall–Kier alpha value is -2.17. The topological polar surface area (TPSA) is 114 Å². The Kier molecular flexibility index (Phi) is 7.32. The average Bonchev–Trinajstić information content (AvgIpc) is 3.25. The van der Waals surface area contributed by atoms with Gasteiger partial charge in [0.1, 0.15) is 12.0 Å². The SMILES string of the molecule is COc1ccc(S(=O)(=O)N2CCCO[C@H]2CNC(=O)C(=O)NC2CCCC2)cc1C. The van der Waals surface area contributed by atoms with Crippen molar-refractivity contribution in [1.29, 1.82) is 0 Å². The maximum Gasteiger partial charge on any atom is 0.309 e. The number of rotatable bonds is 6. The lowest BCUT2D eigenvalue weighted by Crippen LogP contribution is -2.53. The Morgan fingerprint density at radius 3 is 2.60 bits per heavy atom. The molecule has 1 aliphatic heterocycles. The summed E-state index contributed by atoms with van der Waals surface area (Å²) >= 11 is 0. The van der Waals surface area contributed by atoms with E-state index in [1.54, 1.807) is 19.1 Å². The summed E-state index contributed by atoms with van der Waals surface area (Å²) in [5.41, 5.74) is 0.699. The van der Waals surface area contributed by atoms with Crippen LogP contribution in [0.1, 0.15) is 37.7 Å². The minimum Gasteiger partial charge on any atom is -0.496 e. The largest absolute Gasteiger partial charge is 0.496 e. The third kappa shape index (κ3) is 5.11. The number of aryl methyl sites for hydroxylation is 1. The molecule has 0 aromatic heterocycles. The molecule has 2 N–H and O–H groups in total. The van der Waals surface area contributed by atoms with Crippen molar-refractivity contribution < 1.29 is 27.5 Å². The maximum atomic E-state index is 13.2. The summed E-state index contributed by atoms with van der Waals surface area (Å²) in [7, 11) is -2.32. The number of amides is 2. The maximum absolute atomic E-state index is 13.2. The summed E-state index contributed by atoms with van der Waals surface area (Å²) in [5, 5.41) is 5.22. The van der Waals surface area contributed by atoms with Crippen LogP contribution in [0, 0.1) is 6.92 Å². The number of carbonyl (C=O) groups is 2. The summed E-state index contributed by atoms with van der Waals surface area (Å²) < 4.78 is 38.4. The third-order valence-electron chi connectivity index (χ3n) is 5.46. The highest BCUT2D eigenvalue weighted by Crippen LogP contribution is 2.26. The molecule has 1 aromatic rings. The van der Waals surface area contributed by atoms with Crippen molar-refractivity contribution in [3.63, 3.8) is 0 Å². The fourth-order valence-electron chi connectivity index (χ4n) is 3.83. The van der Waals surface area contributed by atoms with Gasteiger partial charge in [0.25, 0.3) is 0 Å². The van der Waals surface area contributed by atoms with Crippen molar-refractivity contribution in [3.8, 4) is 5.75 Å². The first kappa shape index (κ1) is 22.5. The van der Waals surface area contributed by atoms with E-state index in [9.17, 15) is 18.0 Å². The molecule has 9 nitrogen and oxygen atoms in total. The summed E-state index contributed by atoms with van der Waals surface area (Å²) in [6.45, 7) is 2.31. The number of ether oxygens (including phenoxy) is 2.